The highest BCUT2D eigenvalue weighted by atomic mass is 35.5. The van der Waals surface area contributed by atoms with Crippen LogP contribution in [0.25, 0.3) is 0 Å². The SMILES string of the molecule is Cl.NCCOCCOCCOCC#Cc1cccc2c1CN(C1CCC(=O)NC1=O)C2=O. The van der Waals surface area contributed by atoms with Crippen LogP contribution < -0.4 is 11.1 Å². The van der Waals surface area contributed by atoms with Crippen LogP contribution in [0.15, 0.2) is 18.2 Å². The second-order valence-corrected chi connectivity index (χ2v) is 7.10. The van der Waals surface area contributed by atoms with E-state index >= 15 is 0 Å². The molecule has 1 aromatic carbocycles. The van der Waals surface area contributed by atoms with Gasteiger partial charge >= 0.3 is 0 Å². The number of fused-ring (bicyclic) bond motifs is 1. The van der Waals surface area contributed by atoms with Crippen LogP contribution in [-0.2, 0) is 30.3 Å². The maximum absolute atomic E-state index is 12.8. The number of amides is 3. The first-order chi connectivity index (χ1) is 15.1. The molecule has 0 bridgehead atoms. The minimum atomic E-state index is -0.637. The van der Waals surface area contributed by atoms with Crippen LogP contribution >= 0.6 is 12.4 Å². The summed E-state index contributed by atoms with van der Waals surface area (Å²) in [5.74, 6) is 5.07. The van der Waals surface area contributed by atoms with E-state index < -0.39 is 11.9 Å². The van der Waals surface area contributed by atoms with Crippen molar-refractivity contribution in [2.24, 2.45) is 5.73 Å². The van der Waals surface area contributed by atoms with Crippen LogP contribution in [0.5, 0.6) is 0 Å². The molecular weight excluding hydrogens is 438 g/mol. The maximum atomic E-state index is 12.8. The molecule has 10 heteroatoms. The number of carbonyl (C=O) groups is 3. The largest absolute Gasteiger partial charge is 0.378 e. The smallest absolute Gasteiger partial charge is 0.255 e. The summed E-state index contributed by atoms with van der Waals surface area (Å²) in [6, 6.07) is 4.72. The Morgan fingerprint density at radius 3 is 2.50 bits per heavy atom. The topological polar surface area (TPSA) is 120 Å². The van der Waals surface area contributed by atoms with Crippen LogP contribution in [0, 0.1) is 11.8 Å². The van der Waals surface area contributed by atoms with Gasteiger partial charge in [-0.1, -0.05) is 17.9 Å². The Kier molecular flexibility index (Phi) is 10.6. The lowest BCUT2D eigenvalue weighted by molar-refractivity contribution is -0.136. The zero-order chi connectivity index (χ0) is 22.1. The fraction of sp³-hybridized carbons (Fsp3) is 0.500. The Hall–Kier alpha value is -2.48. The van der Waals surface area contributed by atoms with Gasteiger partial charge in [0.1, 0.15) is 12.6 Å². The molecule has 32 heavy (non-hydrogen) atoms. The second kappa shape index (κ2) is 13.2. The van der Waals surface area contributed by atoms with Gasteiger partial charge in [0.15, 0.2) is 0 Å². The van der Waals surface area contributed by atoms with Gasteiger partial charge in [0.2, 0.25) is 11.8 Å². The number of carbonyl (C=O) groups excluding carboxylic acids is 3. The summed E-state index contributed by atoms with van der Waals surface area (Å²) in [7, 11) is 0. The van der Waals surface area contributed by atoms with Crippen molar-refractivity contribution in [1.82, 2.24) is 10.2 Å². The molecule has 2 aliphatic heterocycles. The molecule has 1 atom stereocenters. The first-order valence-electron chi connectivity index (χ1n) is 10.3. The Bertz CT molecular complexity index is 882. The molecule has 0 radical (unpaired) electrons. The van der Waals surface area contributed by atoms with Crippen molar-refractivity contribution in [1.29, 1.82) is 0 Å². The van der Waals surface area contributed by atoms with E-state index in [2.05, 4.69) is 17.2 Å². The van der Waals surface area contributed by atoms with E-state index in [0.29, 0.717) is 58.1 Å². The van der Waals surface area contributed by atoms with Gasteiger partial charge in [-0.3, -0.25) is 19.7 Å². The maximum Gasteiger partial charge on any atom is 0.255 e. The molecule has 1 aromatic rings. The molecule has 0 spiro atoms. The number of hydrogen-bond donors (Lipinski definition) is 2. The zero-order valence-electron chi connectivity index (χ0n) is 17.8. The van der Waals surface area contributed by atoms with Crippen molar-refractivity contribution in [3.8, 4) is 11.8 Å². The van der Waals surface area contributed by atoms with E-state index in [1.54, 1.807) is 12.1 Å². The van der Waals surface area contributed by atoms with E-state index in [0.717, 1.165) is 11.1 Å². The van der Waals surface area contributed by atoms with Crippen LogP contribution in [0.2, 0.25) is 0 Å². The Balaban J connectivity index is 0.00000363. The number of nitrogens with one attached hydrogen (secondary N) is 1. The first-order valence-corrected chi connectivity index (χ1v) is 10.3. The fourth-order valence-electron chi connectivity index (χ4n) is 3.48. The van der Waals surface area contributed by atoms with E-state index in [-0.39, 0.29) is 37.2 Å². The first kappa shape index (κ1) is 25.8. The highest BCUT2D eigenvalue weighted by Gasteiger charge is 2.39. The zero-order valence-corrected chi connectivity index (χ0v) is 18.6. The molecule has 9 nitrogen and oxygen atoms in total. The number of ether oxygens (including phenoxy) is 3. The molecule has 3 amide bonds. The molecule has 2 heterocycles. The Morgan fingerprint density at radius 2 is 1.78 bits per heavy atom. The monoisotopic (exact) mass is 465 g/mol. The van der Waals surface area contributed by atoms with Gasteiger partial charge in [0, 0.05) is 30.6 Å². The molecular formula is C22H28ClN3O6. The van der Waals surface area contributed by atoms with Gasteiger partial charge in [0.05, 0.1) is 33.0 Å². The van der Waals surface area contributed by atoms with E-state index in [9.17, 15) is 14.4 Å². The average molecular weight is 466 g/mol. The summed E-state index contributed by atoms with van der Waals surface area (Å²) in [5, 5.41) is 2.31. The third kappa shape index (κ3) is 6.76. The summed E-state index contributed by atoms with van der Waals surface area (Å²) >= 11 is 0. The molecule has 1 saturated heterocycles. The van der Waals surface area contributed by atoms with Gasteiger partial charge in [-0.15, -0.1) is 12.4 Å². The number of imide groups is 1. The highest BCUT2D eigenvalue weighted by Crippen LogP contribution is 2.29. The molecule has 0 aliphatic carbocycles. The third-order valence-corrected chi connectivity index (χ3v) is 4.99. The minimum absolute atomic E-state index is 0. The van der Waals surface area contributed by atoms with Gasteiger partial charge in [-0.05, 0) is 24.1 Å². The van der Waals surface area contributed by atoms with E-state index in [1.165, 1.54) is 4.90 Å². The minimum Gasteiger partial charge on any atom is -0.378 e. The molecule has 1 unspecified atom stereocenters. The van der Waals surface area contributed by atoms with Gasteiger partial charge in [0.25, 0.3) is 5.91 Å². The second-order valence-electron chi connectivity index (χ2n) is 7.10. The van der Waals surface area contributed by atoms with Crippen LogP contribution in [0.4, 0.5) is 0 Å². The molecule has 174 valence electrons. The number of piperidine rings is 1. The number of nitrogens with two attached hydrogens (primary N) is 1. The van der Waals surface area contributed by atoms with Crippen molar-refractivity contribution in [2.45, 2.75) is 25.4 Å². The standard InChI is InChI=1S/C22H27N3O6.ClH/c23-8-10-30-12-14-31-13-11-29-9-2-4-16-3-1-5-17-18(16)15-25(22(17)28)19-6-7-20(26)24-21(19)27;/h1,3,5,19H,6-15,23H2,(H,24,26,27);1H. The van der Waals surface area contributed by atoms with Crippen molar-refractivity contribution in [3.63, 3.8) is 0 Å². The molecule has 0 aromatic heterocycles. The molecule has 2 aliphatic rings. The van der Waals surface area contributed by atoms with E-state index in [4.69, 9.17) is 19.9 Å². The van der Waals surface area contributed by atoms with Gasteiger partial charge < -0.3 is 24.8 Å². The van der Waals surface area contributed by atoms with Crippen LogP contribution in [0.1, 0.15) is 34.3 Å². The number of rotatable bonds is 10. The summed E-state index contributed by atoms with van der Waals surface area (Å²) in [5.41, 5.74) is 7.40. The van der Waals surface area contributed by atoms with Crippen molar-refractivity contribution < 1.29 is 28.6 Å². The molecule has 1 fully saturated rings. The van der Waals surface area contributed by atoms with Gasteiger partial charge in [-0.2, -0.15) is 0 Å². The van der Waals surface area contributed by atoms with Gasteiger partial charge in [-0.25, -0.2) is 0 Å². The summed E-state index contributed by atoms with van der Waals surface area (Å²) in [6.45, 7) is 3.41. The molecule has 0 saturated carbocycles. The number of benzene rings is 1. The predicted octanol–water partition coefficient (Wildman–Crippen LogP) is 0.229. The molecule has 3 N–H and O–H groups in total. The highest BCUT2D eigenvalue weighted by molar-refractivity contribution is 6.05. The lowest BCUT2D eigenvalue weighted by Gasteiger charge is -2.29. The quantitative estimate of drug-likeness (QED) is 0.288. The van der Waals surface area contributed by atoms with E-state index in [1.807, 2.05) is 6.07 Å². The Morgan fingerprint density at radius 1 is 1.06 bits per heavy atom. The lowest BCUT2D eigenvalue weighted by atomic mass is 10.0. The lowest BCUT2D eigenvalue weighted by Crippen LogP contribution is -2.52. The number of halogens is 1. The summed E-state index contributed by atoms with van der Waals surface area (Å²) in [4.78, 5) is 37.9. The normalized spacial score (nSPS) is 17.3. The van der Waals surface area contributed by atoms with Crippen LogP contribution in [-0.4, -0.2) is 74.8 Å². The summed E-state index contributed by atoms with van der Waals surface area (Å²) in [6.07, 6.45) is 0.561. The van der Waals surface area contributed by atoms with Crippen LogP contribution in [0.3, 0.4) is 0 Å². The summed E-state index contributed by atoms with van der Waals surface area (Å²) < 4.78 is 16.0. The van der Waals surface area contributed by atoms with Crippen molar-refractivity contribution in [2.75, 3.05) is 46.2 Å². The van der Waals surface area contributed by atoms with Crippen molar-refractivity contribution in [3.05, 3.63) is 34.9 Å². The van der Waals surface area contributed by atoms with Crippen molar-refractivity contribution >= 4 is 30.1 Å². The third-order valence-electron chi connectivity index (χ3n) is 4.99. The molecule has 3 rings (SSSR count). The fourth-order valence-corrected chi connectivity index (χ4v) is 3.48. The number of nitrogens with zero attached hydrogens (tertiary/aromatic N) is 1. The number of hydrogen-bond acceptors (Lipinski definition) is 7. The Labute approximate surface area is 193 Å². The average Bonchev–Trinajstić information content (AvgIpc) is 3.09. The predicted molar refractivity (Wildman–Crippen MR) is 118 cm³/mol.